The number of alkyl halides is 1. The molecule has 1 rings (SSSR count). The Morgan fingerprint density at radius 2 is 2.33 bits per heavy atom. The first kappa shape index (κ1) is 5.94. The van der Waals surface area contributed by atoms with Gasteiger partial charge in [0.2, 0.25) is 0 Å². The highest BCUT2D eigenvalue weighted by atomic mass is 19.1. The van der Waals surface area contributed by atoms with E-state index in [0.717, 1.165) is 0 Å². The van der Waals surface area contributed by atoms with Gasteiger partial charge in [-0.25, -0.2) is 9.37 Å². The molecule has 0 aromatic carbocycles. The maximum Gasteiger partial charge on any atom is 0.142 e. The van der Waals surface area contributed by atoms with E-state index in [9.17, 15) is 4.39 Å². The zero-order valence-corrected chi connectivity index (χ0v) is 4.71. The number of rotatable bonds is 1. The fourth-order valence-corrected chi connectivity index (χ4v) is 0.488. The zero-order valence-electron chi connectivity index (χ0n) is 4.71. The summed E-state index contributed by atoms with van der Waals surface area (Å²) in [5, 5.41) is 0. The van der Waals surface area contributed by atoms with Crippen LogP contribution in [-0.2, 0) is 6.67 Å². The average Bonchev–Trinajstić information content (AvgIpc) is 1.88. The molecule has 0 saturated heterocycles. The van der Waals surface area contributed by atoms with Crippen LogP contribution in [0.25, 0.3) is 0 Å². The summed E-state index contributed by atoms with van der Waals surface area (Å²) in [4.78, 5) is 7.26. The molecule has 1 aromatic heterocycles. The summed E-state index contributed by atoms with van der Waals surface area (Å²) in [7, 11) is 0. The fourth-order valence-electron chi connectivity index (χ4n) is 0.488. The molecule has 0 saturated carbocycles. The van der Waals surface area contributed by atoms with Gasteiger partial charge in [0.05, 0.1) is 18.1 Å². The maximum atomic E-state index is 11.7. The van der Waals surface area contributed by atoms with Crippen molar-refractivity contribution in [2.24, 2.45) is 0 Å². The second-order valence-electron chi connectivity index (χ2n) is 1.57. The van der Waals surface area contributed by atoms with Crippen LogP contribution in [0.4, 0.5) is 10.2 Å². The highest BCUT2D eigenvalue weighted by Crippen LogP contribution is 1.97. The van der Waals surface area contributed by atoms with Gasteiger partial charge in [0.15, 0.2) is 0 Å². The molecule has 1 heterocycles. The Labute approximate surface area is 51.7 Å². The Morgan fingerprint density at radius 1 is 1.56 bits per heavy atom. The molecule has 0 atom stereocenters. The summed E-state index contributed by atoms with van der Waals surface area (Å²) in [5.74, 6) is 0.255. The molecule has 3 nitrogen and oxygen atoms in total. The van der Waals surface area contributed by atoms with Crippen molar-refractivity contribution in [3.05, 3.63) is 18.1 Å². The van der Waals surface area contributed by atoms with E-state index < -0.39 is 6.67 Å². The van der Waals surface area contributed by atoms with E-state index in [0.29, 0.717) is 0 Å². The van der Waals surface area contributed by atoms with Gasteiger partial charge in [-0.05, 0) is 0 Å². The van der Waals surface area contributed by atoms with Crippen LogP contribution < -0.4 is 5.73 Å². The van der Waals surface area contributed by atoms with Crippen molar-refractivity contribution in [3.63, 3.8) is 0 Å². The van der Waals surface area contributed by atoms with Gasteiger partial charge in [0, 0.05) is 0 Å². The summed E-state index contributed by atoms with van der Waals surface area (Å²) in [6.07, 6.45) is 2.72. The monoisotopic (exact) mass is 127 g/mol. The molecule has 1 aromatic rings. The van der Waals surface area contributed by atoms with Crippen molar-refractivity contribution >= 4 is 5.82 Å². The maximum absolute atomic E-state index is 11.7. The van der Waals surface area contributed by atoms with Crippen LogP contribution in [0, 0.1) is 0 Å². The highest BCUT2D eigenvalue weighted by molar-refractivity contribution is 5.23. The van der Waals surface area contributed by atoms with Crippen LogP contribution >= 0.6 is 0 Å². The predicted molar refractivity (Wildman–Crippen MR) is 31.3 cm³/mol. The number of hydrogen-bond acceptors (Lipinski definition) is 3. The Bertz CT molecular complexity index is 201. The quantitative estimate of drug-likeness (QED) is 0.598. The van der Waals surface area contributed by atoms with Crippen LogP contribution in [0.5, 0.6) is 0 Å². The Morgan fingerprint density at radius 3 is 2.78 bits per heavy atom. The minimum Gasteiger partial charge on any atom is -0.382 e. The normalized spacial score (nSPS) is 9.44. The van der Waals surface area contributed by atoms with Crippen LogP contribution in [-0.4, -0.2) is 9.97 Å². The minimum absolute atomic E-state index is 0.255. The van der Waals surface area contributed by atoms with Gasteiger partial charge in [-0.15, -0.1) is 0 Å². The number of aromatic nitrogens is 2. The van der Waals surface area contributed by atoms with E-state index in [1.54, 1.807) is 0 Å². The van der Waals surface area contributed by atoms with E-state index >= 15 is 0 Å². The molecule has 0 spiro atoms. The third kappa shape index (κ3) is 1.35. The third-order valence-corrected chi connectivity index (χ3v) is 0.840. The number of nitrogens with two attached hydrogens (primary N) is 1. The lowest BCUT2D eigenvalue weighted by Gasteiger charge is -1.91. The first-order chi connectivity index (χ1) is 4.33. The lowest BCUT2D eigenvalue weighted by Crippen LogP contribution is -1.94. The number of halogens is 1. The topological polar surface area (TPSA) is 51.8 Å². The third-order valence-electron chi connectivity index (χ3n) is 0.840. The summed E-state index contributed by atoms with van der Waals surface area (Å²) < 4.78 is 11.7. The number of nitrogen functional groups attached to an aromatic ring is 1. The van der Waals surface area contributed by atoms with E-state index in [1.807, 2.05) is 0 Å². The SMILES string of the molecule is Nc1cncc(CF)n1. The predicted octanol–water partition coefficient (Wildman–Crippen LogP) is 0.528. The number of nitrogens with zero attached hydrogens (tertiary/aromatic N) is 2. The molecule has 0 bridgehead atoms. The molecule has 9 heavy (non-hydrogen) atoms. The van der Waals surface area contributed by atoms with E-state index in [1.165, 1.54) is 12.4 Å². The standard InChI is InChI=1S/C5H6FN3/c6-1-4-2-8-3-5(7)9-4/h2-3H,1H2,(H2,7,9). The van der Waals surface area contributed by atoms with E-state index in [4.69, 9.17) is 5.73 Å². The Kier molecular flexibility index (Phi) is 1.58. The molecule has 0 aliphatic rings. The van der Waals surface area contributed by atoms with Crippen molar-refractivity contribution in [3.8, 4) is 0 Å². The minimum atomic E-state index is -0.613. The van der Waals surface area contributed by atoms with Gasteiger partial charge in [0.25, 0.3) is 0 Å². The number of anilines is 1. The van der Waals surface area contributed by atoms with Gasteiger partial charge < -0.3 is 5.73 Å². The Balaban J connectivity index is 2.94. The van der Waals surface area contributed by atoms with Gasteiger partial charge in [-0.3, -0.25) is 4.98 Å². The average molecular weight is 127 g/mol. The zero-order chi connectivity index (χ0) is 6.69. The molecular formula is C5H6FN3. The van der Waals surface area contributed by atoms with Crippen molar-refractivity contribution in [1.82, 2.24) is 9.97 Å². The molecule has 2 N–H and O–H groups in total. The van der Waals surface area contributed by atoms with Crippen LogP contribution in [0.1, 0.15) is 5.69 Å². The summed E-state index contributed by atoms with van der Waals surface area (Å²) in [6, 6.07) is 0. The molecule has 0 unspecified atom stereocenters. The smallest absolute Gasteiger partial charge is 0.142 e. The molecule has 0 fully saturated rings. The second-order valence-corrected chi connectivity index (χ2v) is 1.57. The molecular weight excluding hydrogens is 121 g/mol. The highest BCUT2D eigenvalue weighted by Gasteiger charge is 1.91. The van der Waals surface area contributed by atoms with Crippen molar-refractivity contribution < 1.29 is 4.39 Å². The molecule has 0 radical (unpaired) electrons. The largest absolute Gasteiger partial charge is 0.382 e. The lowest BCUT2D eigenvalue weighted by molar-refractivity contribution is 0.475. The van der Waals surface area contributed by atoms with Gasteiger partial charge >= 0.3 is 0 Å². The molecule has 0 aliphatic carbocycles. The van der Waals surface area contributed by atoms with Crippen LogP contribution in [0.3, 0.4) is 0 Å². The van der Waals surface area contributed by atoms with Crippen molar-refractivity contribution in [1.29, 1.82) is 0 Å². The van der Waals surface area contributed by atoms with Crippen molar-refractivity contribution in [2.75, 3.05) is 5.73 Å². The van der Waals surface area contributed by atoms with Crippen LogP contribution in [0.15, 0.2) is 12.4 Å². The first-order valence-corrected chi connectivity index (χ1v) is 2.45. The molecule has 0 aliphatic heterocycles. The molecule has 0 amide bonds. The number of hydrogen-bond donors (Lipinski definition) is 1. The van der Waals surface area contributed by atoms with Gasteiger partial charge in [-0.2, -0.15) is 0 Å². The van der Waals surface area contributed by atoms with E-state index in [-0.39, 0.29) is 11.5 Å². The Hall–Kier alpha value is -1.19. The van der Waals surface area contributed by atoms with E-state index in [2.05, 4.69) is 9.97 Å². The fraction of sp³-hybridized carbons (Fsp3) is 0.200. The lowest BCUT2D eigenvalue weighted by atomic mass is 10.5. The summed E-state index contributed by atoms with van der Waals surface area (Å²) >= 11 is 0. The van der Waals surface area contributed by atoms with Crippen LogP contribution in [0.2, 0.25) is 0 Å². The molecule has 48 valence electrons. The summed E-state index contributed by atoms with van der Waals surface area (Å²) in [5.41, 5.74) is 5.47. The molecule has 4 heteroatoms. The van der Waals surface area contributed by atoms with Gasteiger partial charge in [-0.1, -0.05) is 0 Å². The van der Waals surface area contributed by atoms with Crippen molar-refractivity contribution in [2.45, 2.75) is 6.67 Å². The second kappa shape index (κ2) is 2.39. The van der Waals surface area contributed by atoms with Gasteiger partial charge in [0.1, 0.15) is 12.5 Å². The summed E-state index contributed by atoms with van der Waals surface area (Å²) in [6.45, 7) is -0.613. The first-order valence-electron chi connectivity index (χ1n) is 2.45.